The van der Waals surface area contributed by atoms with Crippen molar-refractivity contribution < 1.29 is 14.6 Å². The van der Waals surface area contributed by atoms with E-state index in [1.165, 1.54) is 18.4 Å². The molecule has 2 aromatic rings. The summed E-state index contributed by atoms with van der Waals surface area (Å²) in [6.07, 6.45) is 5.09. The topological polar surface area (TPSA) is 41.9 Å². The summed E-state index contributed by atoms with van der Waals surface area (Å²) in [5.74, 6) is 0.867. The molecule has 2 atom stereocenters. The number of aliphatic hydroxyl groups is 1. The maximum atomic E-state index is 12.2. The summed E-state index contributed by atoms with van der Waals surface area (Å²) in [6.45, 7) is 9.26. The van der Waals surface area contributed by atoms with Crippen LogP contribution in [0.25, 0.3) is 0 Å². The van der Waals surface area contributed by atoms with Gasteiger partial charge in [-0.1, -0.05) is 75.6 Å². The SMILES string of the molecule is CCCCCOc1ccc([C@@](O)(CCC)[C@H](CN2CCOCC2)c2ccccc2)cc1. The normalized spacial score (nSPS) is 17.8. The highest BCUT2D eigenvalue weighted by Gasteiger charge is 2.39. The first-order valence-electron chi connectivity index (χ1n) is 12.0. The summed E-state index contributed by atoms with van der Waals surface area (Å²) in [5.41, 5.74) is 1.22. The van der Waals surface area contributed by atoms with Crippen LogP contribution < -0.4 is 4.74 Å². The van der Waals surface area contributed by atoms with Crippen molar-refractivity contribution in [3.05, 3.63) is 65.7 Å². The molecule has 0 bridgehead atoms. The lowest BCUT2D eigenvalue weighted by Crippen LogP contribution is -2.45. The summed E-state index contributed by atoms with van der Waals surface area (Å²) in [6, 6.07) is 18.6. The predicted molar refractivity (Wildman–Crippen MR) is 127 cm³/mol. The van der Waals surface area contributed by atoms with E-state index in [0.717, 1.165) is 63.6 Å². The van der Waals surface area contributed by atoms with Crippen molar-refractivity contribution in [2.24, 2.45) is 0 Å². The first-order chi connectivity index (χ1) is 15.2. The molecule has 0 spiro atoms. The zero-order valence-electron chi connectivity index (χ0n) is 19.3. The van der Waals surface area contributed by atoms with Gasteiger partial charge in [0.05, 0.1) is 25.4 Å². The molecule has 31 heavy (non-hydrogen) atoms. The van der Waals surface area contributed by atoms with Crippen LogP contribution >= 0.6 is 0 Å². The molecule has 2 aromatic carbocycles. The maximum Gasteiger partial charge on any atom is 0.119 e. The summed E-state index contributed by atoms with van der Waals surface area (Å²) in [5, 5.41) is 12.2. The van der Waals surface area contributed by atoms with Gasteiger partial charge in [-0.3, -0.25) is 4.90 Å². The summed E-state index contributed by atoms with van der Waals surface area (Å²) in [7, 11) is 0. The maximum absolute atomic E-state index is 12.2. The Bertz CT molecular complexity index is 743. The van der Waals surface area contributed by atoms with Crippen LogP contribution in [0, 0.1) is 0 Å². The van der Waals surface area contributed by atoms with E-state index in [0.29, 0.717) is 6.42 Å². The average Bonchev–Trinajstić information content (AvgIpc) is 2.82. The molecule has 1 aliphatic rings. The number of morpholine rings is 1. The van der Waals surface area contributed by atoms with Crippen molar-refractivity contribution in [1.29, 1.82) is 0 Å². The lowest BCUT2D eigenvalue weighted by Gasteiger charge is -2.41. The Morgan fingerprint density at radius 3 is 2.32 bits per heavy atom. The second kappa shape index (κ2) is 12.2. The monoisotopic (exact) mass is 425 g/mol. The van der Waals surface area contributed by atoms with Crippen LogP contribution in [0.15, 0.2) is 54.6 Å². The minimum atomic E-state index is -0.935. The van der Waals surface area contributed by atoms with Crippen molar-refractivity contribution in [1.82, 2.24) is 4.90 Å². The molecule has 1 N–H and O–H groups in total. The fourth-order valence-electron chi connectivity index (χ4n) is 4.54. The number of unbranched alkanes of at least 4 members (excludes halogenated alkanes) is 2. The van der Waals surface area contributed by atoms with Crippen LogP contribution in [0.2, 0.25) is 0 Å². The molecule has 0 radical (unpaired) electrons. The molecule has 4 heteroatoms. The molecule has 3 rings (SSSR count). The van der Waals surface area contributed by atoms with Crippen LogP contribution in [0.1, 0.15) is 63.0 Å². The lowest BCUT2D eigenvalue weighted by molar-refractivity contribution is -0.0285. The third-order valence-corrected chi connectivity index (χ3v) is 6.32. The molecule has 0 amide bonds. The van der Waals surface area contributed by atoms with Gasteiger partial charge >= 0.3 is 0 Å². The fraction of sp³-hybridized carbons (Fsp3) is 0.556. The van der Waals surface area contributed by atoms with Gasteiger partial charge in [-0.2, -0.15) is 0 Å². The molecule has 1 saturated heterocycles. The zero-order valence-corrected chi connectivity index (χ0v) is 19.3. The van der Waals surface area contributed by atoms with Gasteiger partial charge in [0.1, 0.15) is 5.75 Å². The number of hydrogen-bond donors (Lipinski definition) is 1. The van der Waals surface area contributed by atoms with Gasteiger partial charge in [0, 0.05) is 25.6 Å². The Morgan fingerprint density at radius 1 is 0.968 bits per heavy atom. The lowest BCUT2D eigenvalue weighted by atomic mass is 9.74. The van der Waals surface area contributed by atoms with E-state index in [1.807, 2.05) is 18.2 Å². The van der Waals surface area contributed by atoms with Crippen molar-refractivity contribution in [2.45, 2.75) is 57.5 Å². The molecule has 1 heterocycles. The molecule has 0 aliphatic carbocycles. The molecule has 1 aliphatic heterocycles. The first-order valence-corrected chi connectivity index (χ1v) is 12.0. The highest BCUT2D eigenvalue weighted by atomic mass is 16.5. The number of nitrogens with zero attached hydrogens (tertiary/aromatic N) is 1. The van der Waals surface area contributed by atoms with Gasteiger partial charge in [-0.05, 0) is 36.1 Å². The molecular weight excluding hydrogens is 386 g/mol. The van der Waals surface area contributed by atoms with Crippen LogP contribution in [-0.2, 0) is 10.3 Å². The quantitative estimate of drug-likeness (QED) is 0.465. The third-order valence-electron chi connectivity index (χ3n) is 6.32. The standard InChI is InChI=1S/C27H39NO3/c1-3-5-9-19-31-25-14-12-24(13-15-25)27(29,16-4-2)26(23-10-7-6-8-11-23)22-28-17-20-30-21-18-28/h6-8,10-15,26,29H,3-5,9,16-22H2,1-2H3/t26-,27+/m1/s1. The van der Waals surface area contributed by atoms with Gasteiger partial charge in [-0.25, -0.2) is 0 Å². The predicted octanol–water partition coefficient (Wildman–Crippen LogP) is 5.36. The van der Waals surface area contributed by atoms with Crippen molar-refractivity contribution in [3.63, 3.8) is 0 Å². The van der Waals surface area contributed by atoms with Gasteiger partial charge < -0.3 is 14.6 Å². The number of ether oxygens (including phenoxy) is 2. The molecular formula is C27H39NO3. The van der Waals surface area contributed by atoms with Gasteiger partial charge in [0.25, 0.3) is 0 Å². The zero-order chi connectivity index (χ0) is 21.9. The molecule has 0 saturated carbocycles. The Hall–Kier alpha value is -1.88. The van der Waals surface area contributed by atoms with Gasteiger partial charge in [-0.15, -0.1) is 0 Å². The summed E-state index contributed by atoms with van der Waals surface area (Å²) >= 11 is 0. The third kappa shape index (κ3) is 6.55. The summed E-state index contributed by atoms with van der Waals surface area (Å²) < 4.78 is 11.4. The highest BCUT2D eigenvalue weighted by molar-refractivity contribution is 5.35. The first kappa shape index (κ1) is 23.8. The van der Waals surface area contributed by atoms with E-state index in [-0.39, 0.29) is 5.92 Å². The van der Waals surface area contributed by atoms with Crippen LogP contribution in [0.5, 0.6) is 5.75 Å². The van der Waals surface area contributed by atoms with E-state index < -0.39 is 5.60 Å². The Balaban J connectivity index is 1.85. The van der Waals surface area contributed by atoms with E-state index >= 15 is 0 Å². The fourth-order valence-corrected chi connectivity index (χ4v) is 4.54. The summed E-state index contributed by atoms with van der Waals surface area (Å²) in [4.78, 5) is 2.42. The smallest absolute Gasteiger partial charge is 0.119 e. The van der Waals surface area contributed by atoms with Gasteiger partial charge in [0.2, 0.25) is 0 Å². The molecule has 0 aromatic heterocycles. The molecule has 1 fully saturated rings. The number of hydrogen-bond acceptors (Lipinski definition) is 4. The van der Waals surface area contributed by atoms with Crippen LogP contribution in [0.4, 0.5) is 0 Å². The van der Waals surface area contributed by atoms with E-state index in [1.54, 1.807) is 0 Å². The Labute approximate surface area is 188 Å². The van der Waals surface area contributed by atoms with Crippen molar-refractivity contribution in [3.8, 4) is 5.75 Å². The highest BCUT2D eigenvalue weighted by Crippen LogP contribution is 2.42. The van der Waals surface area contributed by atoms with Gasteiger partial charge in [0.15, 0.2) is 0 Å². The average molecular weight is 426 g/mol. The number of rotatable bonds is 12. The van der Waals surface area contributed by atoms with Crippen molar-refractivity contribution >= 4 is 0 Å². The largest absolute Gasteiger partial charge is 0.494 e. The number of benzene rings is 2. The van der Waals surface area contributed by atoms with E-state index in [4.69, 9.17) is 9.47 Å². The second-order valence-corrected chi connectivity index (χ2v) is 8.63. The minimum absolute atomic E-state index is 0.0110. The minimum Gasteiger partial charge on any atom is -0.494 e. The Kier molecular flexibility index (Phi) is 9.38. The van der Waals surface area contributed by atoms with E-state index in [2.05, 4.69) is 55.1 Å². The van der Waals surface area contributed by atoms with E-state index in [9.17, 15) is 5.11 Å². The molecule has 4 nitrogen and oxygen atoms in total. The van der Waals surface area contributed by atoms with Crippen LogP contribution in [-0.4, -0.2) is 49.5 Å². The van der Waals surface area contributed by atoms with Crippen LogP contribution in [0.3, 0.4) is 0 Å². The molecule has 170 valence electrons. The second-order valence-electron chi connectivity index (χ2n) is 8.63. The Morgan fingerprint density at radius 2 is 1.68 bits per heavy atom. The molecule has 0 unspecified atom stereocenters. The van der Waals surface area contributed by atoms with Crippen molar-refractivity contribution in [2.75, 3.05) is 39.5 Å².